The standard InChI is InChI=1S/C16H23F3N2O5.3C2H6/c1-7-24-12(22)10-8-21(13(23)26-14(2,3)4)20-11(10)25-9-15(5,6)16(17,18)19;3*1-2/h8H,7,9H2,1-6H3;3*1-2H3. The molecule has 0 aliphatic rings. The molecule has 1 aromatic heterocycles. The van der Waals surface area contributed by atoms with Crippen LogP contribution in [0.2, 0.25) is 0 Å². The van der Waals surface area contributed by atoms with Crippen LogP contribution in [0.25, 0.3) is 0 Å². The quantitative estimate of drug-likeness (QED) is 0.436. The molecule has 190 valence electrons. The number of carbonyl (C=O) groups is 2. The average Bonchev–Trinajstić information content (AvgIpc) is 3.14. The molecule has 1 aromatic rings. The lowest BCUT2D eigenvalue weighted by Gasteiger charge is -2.27. The van der Waals surface area contributed by atoms with E-state index in [9.17, 15) is 22.8 Å². The molecule has 0 fully saturated rings. The lowest BCUT2D eigenvalue weighted by molar-refractivity contribution is -0.219. The molecule has 1 heterocycles. The third-order valence-corrected chi connectivity index (χ3v) is 3.09. The van der Waals surface area contributed by atoms with E-state index in [1.807, 2.05) is 41.5 Å². The molecule has 7 nitrogen and oxygen atoms in total. The normalized spacial score (nSPS) is 10.8. The van der Waals surface area contributed by atoms with E-state index in [4.69, 9.17) is 14.2 Å². The van der Waals surface area contributed by atoms with Gasteiger partial charge in [0.2, 0.25) is 5.88 Å². The molecule has 0 aliphatic carbocycles. The Kier molecular flexibility index (Phi) is 16.7. The highest BCUT2D eigenvalue weighted by Gasteiger charge is 2.48. The summed E-state index contributed by atoms with van der Waals surface area (Å²) in [6.45, 7) is 19.6. The Balaban J connectivity index is -0.00000129. The van der Waals surface area contributed by atoms with E-state index in [0.717, 1.165) is 20.0 Å². The van der Waals surface area contributed by atoms with Crippen LogP contribution in [0.15, 0.2) is 6.20 Å². The fraction of sp³-hybridized carbons (Fsp3) is 0.773. The lowest BCUT2D eigenvalue weighted by Crippen LogP contribution is -2.37. The topological polar surface area (TPSA) is 79.7 Å². The van der Waals surface area contributed by atoms with Crippen molar-refractivity contribution in [1.82, 2.24) is 9.78 Å². The van der Waals surface area contributed by atoms with E-state index in [-0.39, 0.29) is 12.2 Å². The van der Waals surface area contributed by atoms with Crippen LogP contribution in [0, 0.1) is 5.41 Å². The van der Waals surface area contributed by atoms with E-state index in [1.165, 1.54) is 0 Å². The van der Waals surface area contributed by atoms with Crippen molar-refractivity contribution in [3.8, 4) is 5.88 Å². The first kappa shape index (κ1) is 34.4. The number of aromatic nitrogens is 2. The van der Waals surface area contributed by atoms with Gasteiger partial charge in [-0.2, -0.15) is 17.9 Å². The second-order valence-corrected chi connectivity index (χ2v) is 7.16. The Hall–Kier alpha value is -2.26. The van der Waals surface area contributed by atoms with Gasteiger partial charge in [0.05, 0.1) is 18.2 Å². The number of carbonyl (C=O) groups excluding carboxylic acids is 2. The summed E-state index contributed by atoms with van der Waals surface area (Å²) >= 11 is 0. The molecule has 0 aliphatic heterocycles. The highest BCUT2D eigenvalue weighted by molar-refractivity contribution is 5.92. The molecule has 32 heavy (non-hydrogen) atoms. The van der Waals surface area contributed by atoms with Crippen LogP contribution in [0.5, 0.6) is 5.88 Å². The van der Waals surface area contributed by atoms with Gasteiger partial charge in [-0.25, -0.2) is 9.59 Å². The van der Waals surface area contributed by atoms with Gasteiger partial charge in [-0.05, 0) is 41.5 Å². The molecule has 0 aromatic carbocycles. The molecule has 0 bridgehead atoms. The van der Waals surface area contributed by atoms with Crippen molar-refractivity contribution >= 4 is 12.1 Å². The van der Waals surface area contributed by atoms with Crippen molar-refractivity contribution in [2.45, 2.75) is 94.9 Å². The van der Waals surface area contributed by atoms with Gasteiger partial charge in [0, 0.05) is 0 Å². The highest BCUT2D eigenvalue weighted by atomic mass is 19.4. The first-order valence-corrected chi connectivity index (χ1v) is 10.9. The summed E-state index contributed by atoms with van der Waals surface area (Å²) < 4.78 is 54.6. The number of alkyl halides is 3. The monoisotopic (exact) mass is 470 g/mol. The molecule has 0 saturated heterocycles. The molecule has 0 N–H and O–H groups in total. The zero-order valence-electron chi connectivity index (χ0n) is 21.6. The predicted octanol–water partition coefficient (Wildman–Crippen LogP) is 6.89. The maximum absolute atomic E-state index is 13.0. The van der Waals surface area contributed by atoms with Crippen LogP contribution in [-0.2, 0) is 9.47 Å². The third kappa shape index (κ3) is 12.0. The van der Waals surface area contributed by atoms with E-state index in [2.05, 4.69) is 5.10 Å². The number of halogens is 3. The minimum Gasteiger partial charge on any atom is -0.475 e. The van der Waals surface area contributed by atoms with Crippen LogP contribution >= 0.6 is 0 Å². The summed E-state index contributed by atoms with van der Waals surface area (Å²) in [4.78, 5) is 24.0. The lowest BCUT2D eigenvalue weighted by atomic mass is 9.94. The van der Waals surface area contributed by atoms with Crippen molar-refractivity contribution < 1.29 is 37.0 Å². The first-order valence-electron chi connectivity index (χ1n) is 10.9. The Morgan fingerprint density at radius 1 is 0.969 bits per heavy atom. The van der Waals surface area contributed by atoms with Crippen LogP contribution in [0.1, 0.15) is 93.4 Å². The number of rotatable bonds is 5. The second-order valence-electron chi connectivity index (χ2n) is 7.16. The average molecular weight is 471 g/mol. The molecule has 1 rings (SSSR count). The van der Waals surface area contributed by atoms with Crippen molar-refractivity contribution in [1.29, 1.82) is 0 Å². The molecule has 0 unspecified atom stereocenters. The SMILES string of the molecule is CC.CC.CC.CCOC(=O)c1cn(C(=O)OC(C)(C)C)nc1OCC(C)(C)C(F)(F)F. The van der Waals surface area contributed by atoms with E-state index in [0.29, 0.717) is 4.68 Å². The zero-order valence-corrected chi connectivity index (χ0v) is 21.6. The van der Waals surface area contributed by atoms with Crippen molar-refractivity contribution in [3.63, 3.8) is 0 Å². The Labute approximate surface area is 190 Å². The van der Waals surface area contributed by atoms with Crippen LogP contribution in [0.3, 0.4) is 0 Å². The summed E-state index contributed by atoms with van der Waals surface area (Å²) in [6, 6.07) is 0. The number of hydrogen-bond acceptors (Lipinski definition) is 6. The smallest absolute Gasteiger partial charge is 0.435 e. The third-order valence-electron chi connectivity index (χ3n) is 3.09. The maximum atomic E-state index is 13.0. The van der Waals surface area contributed by atoms with Crippen molar-refractivity contribution in [2.24, 2.45) is 5.41 Å². The predicted molar refractivity (Wildman–Crippen MR) is 119 cm³/mol. The van der Waals surface area contributed by atoms with Crippen LogP contribution in [-0.4, -0.2) is 46.8 Å². The largest absolute Gasteiger partial charge is 0.475 e. The summed E-state index contributed by atoms with van der Waals surface area (Å²) in [5, 5.41) is 3.73. The number of nitrogens with zero attached hydrogens (tertiary/aromatic N) is 2. The fourth-order valence-electron chi connectivity index (χ4n) is 1.55. The molecule has 0 spiro atoms. The molecule has 0 saturated carbocycles. The molecular formula is C22H41F3N2O5. The first-order chi connectivity index (χ1) is 14.7. The van der Waals surface area contributed by atoms with Crippen LogP contribution in [0.4, 0.5) is 18.0 Å². The van der Waals surface area contributed by atoms with Gasteiger partial charge in [0.15, 0.2) is 0 Å². The van der Waals surface area contributed by atoms with Gasteiger partial charge < -0.3 is 14.2 Å². The zero-order chi connectivity index (χ0) is 26.3. The van der Waals surface area contributed by atoms with E-state index < -0.39 is 41.7 Å². The van der Waals surface area contributed by atoms with Gasteiger partial charge in [-0.15, -0.1) is 5.10 Å². The molecular weight excluding hydrogens is 429 g/mol. The molecule has 0 amide bonds. The van der Waals surface area contributed by atoms with Gasteiger partial charge >= 0.3 is 18.2 Å². The summed E-state index contributed by atoms with van der Waals surface area (Å²) in [5.41, 5.74) is -3.28. The van der Waals surface area contributed by atoms with Crippen molar-refractivity contribution in [3.05, 3.63) is 11.8 Å². The highest BCUT2D eigenvalue weighted by Crippen LogP contribution is 2.38. The summed E-state index contributed by atoms with van der Waals surface area (Å²) in [5.74, 6) is -1.31. The number of hydrogen-bond donors (Lipinski definition) is 0. The fourth-order valence-corrected chi connectivity index (χ4v) is 1.55. The number of esters is 1. The van der Waals surface area contributed by atoms with Gasteiger partial charge in [0.1, 0.15) is 17.8 Å². The minimum atomic E-state index is -4.52. The molecule has 0 radical (unpaired) electrons. The van der Waals surface area contributed by atoms with Gasteiger partial charge in [-0.1, -0.05) is 41.5 Å². The minimum absolute atomic E-state index is 0.0317. The summed E-state index contributed by atoms with van der Waals surface area (Å²) in [7, 11) is 0. The molecule has 0 atom stereocenters. The Morgan fingerprint density at radius 3 is 1.81 bits per heavy atom. The van der Waals surface area contributed by atoms with Crippen molar-refractivity contribution in [2.75, 3.05) is 13.2 Å². The number of ether oxygens (including phenoxy) is 3. The summed E-state index contributed by atoms with van der Waals surface area (Å²) in [6.07, 6.45) is -4.43. The van der Waals surface area contributed by atoms with Gasteiger partial charge in [0.25, 0.3) is 0 Å². The Morgan fingerprint density at radius 2 is 1.44 bits per heavy atom. The van der Waals surface area contributed by atoms with Gasteiger partial charge in [-0.3, -0.25) is 0 Å². The Bertz CT molecular complexity index is 664. The van der Waals surface area contributed by atoms with E-state index >= 15 is 0 Å². The molecule has 10 heteroatoms. The van der Waals surface area contributed by atoms with E-state index in [1.54, 1.807) is 27.7 Å². The van der Waals surface area contributed by atoms with Crippen LogP contribution < -0.4 is 4.74 Å². The maximum Gasteiger partial charge on any atom is 0.435 e. The second kappa shape index (κ2) is 15.5.